The summed E-state index contributed by atoms with van der Waals surface area (Å²) in [5, 5.41) is 0. The van der Waals surface area contributed by atoms with Crippen LogP contribution in [0.25, 0.3) is 0 Å². The molecule has 0 aliphatic heterocycles. The maximum atomic E-state index is 3.22. The van der Waals surface area contributed by atoms with E-state index >= 15 is 0 Å². The zero-order valence-electron chi connectivity index (χ0n) is 10.9. The summed E-state index contributed by atoms with van der Waals surface area (Å²) in [6, 6.07) is 30.9. The highest BCUT2D eigenvalue weighted by Crippen LogP contribution is 2.38. The quantitative estimate of drug-likeness (QED) is 0.649. The molecule has 100 valence electrons. The first-order valence-corrected chi connectivity index (χ1v) is 6.34. The van der Waals surface area contributed by atoms with E-state index in [0.717, 1.165) is 17.2 Å². The molecule has 0 heterocycles. The van der Waals surface area contributed by atoms with Gasteiger partial charge in [0.1, 0.15) is 0 Å². The summed E-state index contributed by atoms with van der Waals surface area (Å²) in [5.74, 6) is 3.25. The maximum absolute atomic E-state index is 3.22. The minimum atomic E-state index is 0. The van der Waals surface area contributed by atoms with Crippen LogP contribution in [-0.2, 0) is 0 Å². The van der Waals surface area contributed by atoms with E-state index in [1.165, 1.54) is 0 Å². The lowest BCUT2D eigenvalue weighted by Gasteiger charge is -2.21. The second-order valence-electron chi connectivity index (χ2n) is 4.25. The molecule has 0 aromatic heterocycles. The van der Waals surface area contributed by atoms with Gasteiger partial charge in [-0.3, -0.25) is 0 Å². The van der Waals surface area contributed by atoms with Crippen molar-refractivity contribution >= 4 is 0 Å². The van der Waals surface area contributed by atoms with Gasteiger partial charge in [0.2, 0.25) is 0 Å². The molecule has 0 aliphatic carbocycles. The molecule has 0 saturated heterocycles. The van der Waals surface area contributed by atoms with E-state index in [4.69, 9.17) is 0 Å². The van der Waals surface area contributed by atoms with E-state index < -0.39 is 0 Å². The molecule has 2 heteroatoms. The van der Waals surface area contributed by atoms with Gasteiger partial charge in [0.05, 0.1) is 0 Å². The van der Waals surface area contributed by atoms with E-state index in [9.17, 15) is 0 Å². The van der Waals surface area contributed by atoms with E-state index in [-0.39, 0.29) is 12.4 Å². The second kappa shape index (κ2) is 6.78. The first-order chi connectivity index (χ1) is 9.45. The van der Waals surface area contributed by atoms with Crippen LogP contribution in [0.4, 0.5) is 0 Å². The normalized spacial score (nSPS) is 9.60. The van der Waals surface area contributed by atoms with E-state index in [0.29, 0.717) is 0 Å². The molecule has 1 nitrogen and oxygen atoms in total. The average molecular weight is 283 g/mol. The van der Waals surface area contributed by atoms with E-state index in [2.05, 4.69) is 40.8 Å². The minimum Gasteiger partial charge on any atom is -1.00 e. The standard InChI is InChI=1S/C18H15O.ClH/c1-4-10-16(11-5-1)19(17-12-6-2-7-13-17)18-14-8-3-9-15-18;/h1-15H;1H/q+1;/p-1. The van der Waals surface area contributed by atoms with E-state index in [1.54, 1.807) is 0 Å². The molecule has 0 radical (unpaired) electrons. The van der Waals surface area contributed by atoms with Crippen molar-refractivity contribution in [1.82, 2.24) is 0 Å². The average Bonchev–Trinajstić information content (AvgIpc) is 2.51. The van der Waals surface area contributed by atoms with Gasteiger partial charge in [-0.2, -0.15) is 0 Å². The first-order valence-electron chi connectivity index (χ1n) is 6.34. The summed E-state index contributed by atoms with van der Waals surface area (Å²) in [6.07, 6.45) is 0. The van der Waals surface area contributed by atoms with Crippen LogP contribution in [0, 0.1) is 0 Å². The Balaban J connectivity index is 0.00000147. The number of benzene rings is 3. The third-order valence-electron chi connectivity index (χ3n) is 2.94. The minimum absolute atomic E-state index is 0. The van der Waals surface area contributed by atoms with Crippen LogP contribution in [0.3, 0.4) is 0 Å². The van der Waals surface area contributed by atoms with Gasteiger partial charge < -0.3 is 16.8 Å². The predicted molar refractivity (Wildman–Crippen MR) is 78.8 cm³/mol. The Kier molecular flexibility index (Phi) is 4.80. The topological polar surface area (TPSA) is 2.70 Å². The van der Waals surface area contributed by atoms with Crippen molar-refractivity contribution in [3.8, 4) is 17.2 Å². The van der Waals surface area contributed by atoms with Crippen LogP contribution < -0.4 is 16.8 Å². The van der Waals surface area contributed by atoms with Gasteiger partial charge in [-0.1, -0.05) is 54.6 Å². The zero-order chi connectivity index (χ0) is 12.9. The largest absolute Gasteiger partial charge is 1.00 e. The van der Waals surface area contributed by atoms with Gasteiger partial charge >= 0.3 is 0 Å². The molecule has 0 fully saturated rings. The Hall–Kier alpha value is -2.25. The molecule has 0 aliphatic rings. The summed E-state index contributed by atoms with van der Waals surface area (Å²) in [7, 11) is 0. The van der Waals surface area contributed by atoms with Crippen molar-refractivity contribution in [3.05, 3.63) is 91.0 Å². The van der Waals surface area contributed by atoms with Crippen LogP contribution in [0.5, 0.6) is 17.2 Å². The molecule has 0 amide bonds. The van der Waals surface area contributed by atoms with Crippen molar-refractivity contribution in [2.45, 2.75) is 0 Å². The molecule has 0 spiro atoms. The van der Waals surface area contributed by atoms with Gasteiger partial charge in [0.15, 0.2) is 0 Å². The number of halogens is 1. The first kappa shape index (κ1) is 14.2. The monoisotopic (exact) mass is 282 g/mol. The van der Waals surface area contributed by atoms with Crippen LogP contribution in [0.15, 0.2) is 91.0 Å². The molecule has 0 saturated carbocycles. The van der Waals surface area contributed by atoms with Gasteiger partial charge in [-0.15, -0.1) is 0 Å². The summed E-state index contributed by atoms with van der Waals surface area (Å²) in [5.41, 5.74) is 0. The highest BCUT2D eigenvalue weighted by Gasteiger charge is 2.18. The molecule has 3 rings (SSSR count). The lowest BCUT2D eigenvalue weighted by molar-refractivity contribution is -0.00000431. The fourth-order valence-corrected chi connectivity index (χ4v) is 2.08. The van der Waals surface area contributed by atoms with Crippen LogP contribution in [0.1, 0.15) is 0 Å². The van der Waals surface area contributed by atoms with Gasteiger partial charge in [0, 0.05) is 36.4 Å². The van der Waals surface area contributed by atoms with Crippen LogP contribution in [0.2, 0.25) is 0 Å². The molecule has 20 heavy (non-hydrogen) atoms. The van der Waals surface area contributed by atoms with Crippen LogP contribution >= 0.6 is 0 Å². The molecular formula is C18H15ClO. The lowest BCUT2D eigenvalue weighted by atomic mass is 10.3. The highest BCUT2D eigenvalue weighted by molar-refractivity contribution is 5.42. The molecule has 0 bridgehead atoms. The van der Waals surface area contributed by atoms with Crippen LogP contribution in [-0.4, -0.2) is 0 Å². The van der Waals surface area contributed by atoms with Crippen molar-refractivity contribution in [1.29, 1.82) is 0 Å². The number of rotatable bonds is 3. The Morgan fingerprint density at radius 3 is 0.900 bits per heavy atom. The molecule has 3 aromatic rings. The lowest BCUT2D eigenvalue weighted by Crippen LogP contribution is -3.00. The number of hydrogen-bond acceptors (Lipinski definition) is 0. The van der Waals surface area contributed by atoms with Gasteiger partial charge in [-0.05, 0) is 0 Å². The molecular weight excluding hydrogens is 268 g/mol. The third kappa shape index (κ3) is 3.01. The summed E-state index contributed by atoms with van der Waals surface area (Å²) in [4.78, 5) is 0. The number of hydrogen-bond donors (Lipinski definition) is 0. The van der Waals surface area contributed by atoms with Crippen molar-refractivity contribution in [3.63, 3.8) is 0 Å². The SMILES string of the molecule is [Cl-].c1ccc([O+](c2ccccc2)c2ccccc2)cc1. The van der Waals surface area contributed by atoms with Crippen molar-refractivity contribution < 1.29 is 16.8 Å². The summed E-state index contributed by atoms with van der Waals surface area (Å²) < 4.78 is 3.22. The van der Waals surface area contributed by atoms with Gasteiger partial charge in [0.25, 0.3) is 17.2 Å². The molecule has 0 unspecified atom stereocenters. The second-order valence-corrected chi connectivity index (χ2v) is 4.25. The summed E-state index contributed by atoms with van der Waals surface area (Å²) in [6.45, 7) is 0. The van der Waals surface area contributed by atoms with Crippen molar-refractivity contribution in [2.24, 2.45) is 0 Å². The highest BCUT2D eigenvalue weighted by atomic mass is 35.5. The smallest absolute Gasteiger partial charge is 0.267 e. The zero-order valence-corrected chi connectivity index (χ0v) is 11.7. The predicted octanol–water partition coefficient (Wildman–Crippen LogP) is 2.43. The molecule has 3 aromatic carbocycles. The Labute approximate surface area is 125 Å². The fraction of sp³-hybridized carbons (Fsp3) is 0. The third-order valence-corrected chi connectivity index (χ3v) is 2.94. The van der Waals surface area contributed by atoms with Crippen molar-refractivity contribution in [2.75, 3.05) is 0 Å². The Morgan fingerprint density at radius 2 is 0.650 bits per heavy atom. The van der Waals surface area contributed by atoms with Gasteiger partial charge in [-0.25, -0.2) is 0 Å². The number of para-hydroxylation sites is 3. The Bertz CT molecular complexity index is 529. The van der Waals surface area contributed by atoms with E-state index in [1.807, 2.05) is 54.6 Å². The Morgan fingerprint density at radius 1 is 0.400 bits per heavy atom. The maximum Gasteiger partial charge on any atom is 0.267 e. The fourth-order valence-electron chi connectivity index (χ4n) is 2.08. The molecule has 0 atom stereocenters. The molecule has 0 N–H and O–H groups in total. The summed E-state index contributed by atoms with van der Waals surface area (Å²) >= 11 is 0.